The average Bonchev–Trinajstić information content (AvgIpc) is 3.17. The molecular weight excluding hydrogens is 391 g/mol. The number of nitrogens with two attached hydrogens (primary N) is 1. The first kappa shape index (κ1) is 23.6. The fourth-order valence-corrected chi connectivity index (χ4v) is 4.50. The van der Waals surface area contributed by atoms with E-state index in [-0.39, 0.29) is 36.1 Å². The zero-order chi connectivity index (χ0) is 17.4. The zero-order valence-corrected chi connectivity index (χ0v) is 18.4. The molecule has 1 amide bonds. The van der Waals surface area contributed by atoms with Crippen LogP contribution in [-0.4, -0.2) is 52.4 Å². The van der Waals surface area contributed by atoms with Crippen LogP contribution in [0.1, 0.15) is 57.2 Å². The molecule has 3 rings (SSSR count). The fraction of sp³-hybridized carbons (Fsp3) is 0.778. The average molecular weight is 423 g/mol. The summed E-state index contributed by atoms with van der Waals surface area (Å²) in [5.74, 6) is 0.170. The van der Waals surface area contributed by atoms with E-state index in [0.717, 1.165) is 64.1 Å². The van der Waals surface area contributed by atoms with Crippen LogP contribution in [0, 0.1) is 0 Å². The van der Waals surface area contributed by atoms with E-state index in [1.165, 1.54) is 5.01 Å². The molecule has 0 atom stereocenters. The number of aromatic nitrogens is 1. The molecule has 26 heavy (non-hydrogen) atoms. The van der Waals surface area contributed by atoms with Crippen molar-refractivity contribution in [3.05, 3.63) is 16.1 Å². The standard InChI is InChI=1S/C18H30N4OS.2ClH/c1-17(2,3)15-20-14(13-24-15)12-21-8-10-22(11-9-21)16(23)18(19)6-4-5-7-18;;/h13H,4-12,19H2,1-3H3;2*1H. The predicted molar refractivity (Wildman–Crippen MR) is 113 cm³/mol. The first-order valence-corrected chi connectivity index (χ1v) is 9.91. The van der Waals surface area contributed by atoms with Gasteiger partial charge in [0.1, 0.15) is 0 Å². The van der Waals surface area contributed by atoms with E-state index >= 15 is 0 Å². The third-order valence-corrected chi connectivity index (χ3v) is 6.48. The van der Waals surface area contributed by atoms with Crippen molar-refractivity contribution in [2.45, 2.75) is 64.0 Å². The maximum atomic E-state index is 12.7. The van der Waals surface area contributed by atoms with Gasteiger partial charge >= 0.3 is 0 Å². The zero-order valence-electron chi connectivity index (χ0n) is 16.0. The SMILES string of the molecule is CC(C)(C)c1nc(CN2CCN(C(=O)C3(N)CCCC3)CC2)cs1.Cl.Cl. The van der Waals surface area contributed by atoms with Gasteiger partial charge in [0.05, 0.1) is 16.2 Å². The smallest absolute Gasteiger partial charge is 0.242 e. The van der Waals surface area contributed by atoms with Gasteiger partial charge in [-0.05, 0) is 12.8 Å². The highest BCUT2D eigenvalue weighted by Crippen LogP contribution is 2.29. The molecule has 2 N–H and O–H groups in total. The summed E-state index contributed by atoms with van der Waals surface area (Å²) in [5, 5.41) is 3.36. The van der Waals surface area contributed by atoms with Crippen molar-refractivity contribution in [2.75, 3.05) is 26.2 Å². The van der Waals surface area contributed by atoms with Gasteiger partial charge in [-0.1, -0.05) is 33.6 Å². The van der Waals surface area contributed by atoms with Crippen molar-refractivity contribution in [2.24, 2.45) is 5.73 Å². The summed E-state index contributed by atoms with van der Waals surface area (Å²) >= 11 is 1.75. The van der Waals surface area contributed by atoms with Gasteiger partial charge in [-0.3, -0.25) is 9.69 Å². The molecule has 2 heterocycles. The Bertz CT molecular complexity index is 588. The summed E-state index contributed by atoms with van der Waals surface area (Å²) < 4.78 is 0. The van der Waals surface area contributed by atoms with Gasteiger partial charge < -0.3 is 10.6 Å². The summed E-state index contributed by atoms with van der Waals surface area (Å²) in [7, 11) is 0. The second-order valence-corrected chi connectivity index (χ2v) is 9.18. The lowest BCUT2D eigenvalue weighted by molar-refractivity contribution is -0.138. The third kappa shape index (κ3) is 5.32. The van der Waals surface area contributed by atoms with Gasteiger partial charge in [0, 0.05) is 43.5 Å². The van der Waals surface area contributed by atoms with E-state index in [1.54, 1.807) is 11.3 Å². The molecule has 0 unspecified atom stereocenters. The molecule has 1 aromatic rings. The first-order chi connectivity index (χ1) is 11.3. The topological polar surface area (TPSA) is 62.5 Å². The van der Waals surface area contributed by atoms with E-state index in [1.807, 2.05) is 4.90 Å². The number of carbonyl (C=O) groups is 1. The molecule has 1 aromatic heterocycles. The number of hydrogen-bond acceptors (Lipinski definition) is 5. The summed E-state index contributed by atoms with van der Waals surface area (Å²) in [5.41, 5.74) is 7.00. The highest BCUT2D eigenvalue weighted by molar-refractivity contribution is 7.09. The molecule has 1 saturated heterocycles. The molecule has 0 spiro atoms. The van der Waals surface area contributed by atoms with Crippen molar-refractivity contribution in [3.63, 3.8) is 0 Å². The van der Waals surface area contributed by atoms with E-state index in [2.05, 4.69) is 31.1 Å². The Morgan fingerprint density at radius 1 is 1.19 bits per heavy atom. The van der Waals surface area contributed by atoms with Crippen LogP contribution >= 0.6 is 36.2 Å². The molecule has 0 radical (unpaired) electrons. The number of hydrogen-bond donors (Lipinski definition) is 1. The maximum Gasteiger partial charge on any atom is 0.242 e. The number of carbonyl (C=O) groups excluding carboxylic acids is 1. The minimum absolute atomic E-state index is 0. The van der Waals surface area contributed by atoms with Gasteiger partial charge in [0.25, 0.3) is 0 Å². The first-order valence-electron chi connectivity index (χ1n) is 9.03. The van der Waals surface area contributed by atoms with Crippen molar-refractivity contribution in [3.8, 4) is 0 Å². The fourth-order valence-electron chi connectivity index (χ4n) is 3.60. The minimum Gasteiger partial charge on any atom is -0.339 e. The van der Waals surface area contributed by atoms with Gasteiger partial charge in [-0.25, -0.2) is 4.98 Å². The lowest BCUT2D eigenvalue weighted by Gasteiger charge is -2.38. The number of rotatable bonds is 3. The number of nitrogens with zero attached hydrogens (tertiary/aromatic N) is 3. The molecule has 1 aliphatic heterocycles. The van der Waals surface area contributed by atoms with Crippen LogP contribution in [0.3, 0.4) is 0 Å². The second kappa shape index (κ2) is 9.20. The molecule has 150 valence electrons. The quantitative estimate of drug-likeness (QED) is 0.811. The monoisotopic (exact) mass is 422 g/mol. The van der Waals surface area contributed by atoms with Crippen LogP contribution in [0.4, 0.5) is 0 Å². The normalized spacial score (nSPS) is 20.4. The Morgan fingerprint density at radius 3 is 2.27 bits per heavy atom. The van der Waals surface area contributed by atoms with Gasteiger partial charge in [-0.2, -0.15) is 0 Å². The summed E-state index contributed by atoms with van der Waals surface area (Å²) in [6.07, 6.45) is 3.87. The van der Waals surface area contributed by atoms with Crippen LogP contribution in [-0.2, 0) is 16.8 Å². The Morgan fingerprint density at radius 2 is 1.77 bits per heavy atom. The molecule has 2 fully saturated rings. The molecular formula is C18H32Cl2N4OS. The van der Waals surface area contributed by atoms with Gasteiger partial charge in [-0.15, -0.1) is 36.2 Å². The highest BCUT2D eigenvalue weighted by atomic mass is 35.5. The number of piperazine rings is 1. The lowest BCUT2D eigenvalue weighted by Crippen LogP contribution is -2.58. The van der Waals surface area contributed by atoms with Gasteiger partial charge in [0.2, 0.25) is 5.91 Å². The predicted octanol–water partition coefficient (Wildman–Crippen LogP) is 3.20. The second-order valence-electron chi connectivity index (χ2n) is 8.33. The van der Waals surface area contributed by atoms with E-state index in [0.29, 0.717) is 0 Å². The van der Waals surface area contributed by atoms with E-state index in [4.69, 9.17) is 10.7 Å². The molecule has 2 aliphatic rings. The molecule has 5 nitrogen and oxygen atoms in total. The third-order valence-electron chi connectivity index (χ3n) is 5.16. The summed E-state index contributed by atoms with van der Waals surface area (Å²) in [6.45, 7) is 10.9. The Hall–Kier alpha value is -0.400. The summed E-state index contributed by atoms with van der Waals surface area (Å²) in [6, 6.07) is 0. The van der Waals surface area contributed by atoms with Crippen LogP contribution in [0.25, 0.3) is 0 Å². The highest BCUT2D eigenvalue weighted by Gasteiger charge is 2.40. The number of thiazole rings is 1. The largest absolute Gasteiger partial charge is 0.339 e. The number of amides is 1. The molecule has 1 saturated carbocycles. The number of halogens is 2. The van der Waals surface area contributed by atoms with Crippen molar-refractivity contribution < 1.29 is 4.79 Å². The Balaban J connectivity index is 0.00000169. The molecule has 8 heteroatoms. The van der Waals surface area contributed by atoms with Crippen LogP contribution < -0.4 is 5.73 Å². The lowest BCUT2D eigenvalue weighted by atomic mass is 9.97. The minimum atomic E-state index is -0.585. The van der Waals surface area contributed by atoms with Crippen LogP contribution in [0.2, 0.25) is 0 Å². The van der Waals surface area contributed by atoms with E-state index in [9.17, 15) is 4.79 Å². The van der Waals surface area contributed by atoms with Gasteiger partial charge in [0.15, 0.2) is 0 Å². The Labute approximate surface area is 173 Å². The van der Waals surface area contributed by atoms with Crippen LogP contribution in [0.15, 0.2) is 5.38 Å². The van der Waals surface area contributed by atoms with Crippen molar-refractivity contribution in [1.29, 1.82) is 0 Å². The summed E-state index contributed by atoms with van der Waals surface area (Å²) in [4.78, 5) is 21.8. The molecule has 1 aliphatic carbocycles. The van der Waals surface area contributed by atoms with E-state index < -0.39 is 5.54 Å². The van der Waals surface area contributed by atoms with Crippen molar-refractivity contribution >= 4 is 42.1 Å². The Kier molecular flexibility index (Phi) is 8.36. The molecule has 0 bridgehead atoms. The van der Waals surface area contributed by atoms with Crippen LogP contribution in [0.5, 0.6) is 0 Å². The van der Waals surface area contributed by atoms with Crippen molar-refractivity contribution in [1.82, 2.24) is 14.8 Å². The maximum absolute atomic E-state index is 12.7. The molecule has 0 aromatic carbocycles.